The van der Waals surface area contributed by atoms with E-state index in [1.165, 1.54) is 11.8 Å². The molecule has 1 saturated heterocycles. The van der Waals surface area contributed by atoms with Gasteiger partial charge in [-0.3, -0.25) is 14.6 Å². The van der Waals surface area contributed by atoms with Crippen molar-refractivity contribution in [3.05, 3.63) is 84.3 Å². The minimum absolute atomic E-state index is 0.0207. The lowest BCUT2D eigenvalue weighted by atomic mass is 10.2. The summed E-state index contributed by atoms with van der Waals surface area (Å²) in [5, 5.41) is 0.772. The quantitative estimate of drug-likeness (QED) is 0.425. The fraction of sp³-hybridized carbons (Fsp3) is 0.308. The predicted molar refractivity (Wildman–Crippen MR) is 133 cm³/mol. The Kier molecular flexibility index (Phi) is 8.69. The molecule has 0 radical (unpaired) electrons. The summed E-state index contributed by atoms with van der Waals surface area (Å²) in [6.45, 7) is 1.57. The van der Waals surface area contributed by atoms with E-state index in [0.29, 0.717) is 26.2 Å². The molecular formula is C26H28N4O4S. The maximum absolute atomic E-state index is 13.2. The Morgan fingerprint density at radius 2 is 1.83 bits per heavy atom. The summed E-state index contributed by atoms with van der Waals surface area (Å²) in [6.07, 6.45) is 4.81. The summed E-state index contributed by atoms with van der Waals surface area (Å²) in [7, 11) is 1.62. The first-order chi connectivity index (χ1) is 17.1. The molecule has 2 amide bonds. The van der Waals surface area contributed by atoms with Gasteiger partial charge in [-0.15, -0.1) is 0 Å². The summed E-state index contributed by atoms with van der Waals surface area (Å²) < 4.78 is 11.4. The van der Waals surface area contributed by atoms with Crippen LogP contribution in [0.2, 0.25) is 0 Å². The van der Waals surface area contributed by atoms with E-state index in [0.717, 1.165) is 21.9 Å². The molecule has 1 aliphatic heterocycles. The van der Waals surface area contributed by atoms with Gasteiger partial charge in [0, 0.05) is 38.2 Å². The Balaban J connectivity index is 1.45. The molecule has 0 unspecified atom stereocenters. The Morgan fingerprint density at radius 3 is 2.54 bits per heavy atom. The number of thioether (sulfide) groups is 1. The van der Waals surface area contributed by atoms with E-state index in [1.54, 1.807) is 35.5 Å². The molecule has 0 aliphatic carbocycles. The highest BCUT2D eigenvalue weighted by Crippen LogP contribution is 2.19. The summed E-state index contributed by atoms with van der Waals surface area (Å²) in [5.74, 6) is 0.751. The van der Waals surface area contributed by atoms with Crippen molar-refractivity contribution in [3.63, 3.8) is 0 Å². The normalized spacial score (nSPS) is 16.1. The van der Waals surface area contributed by atoms with E-state index < -0.39 is 0 Å². The Labute approximate surface area is 209 Å². The van der Waals surface area contributed by atoms with Crippen LogP contribution in [0.15, 0.2) is 78.2 Å². The second-order valence-electron chi connectivity index (χ2n) is 8.14. The lowest BCUT2D eigenvalue weighted by Gasteiger charge is -2.25. The van der Waals surface area contributed by atoms with E-state index in [2.05, 4.69) is 9.97 Å². The fourth-order valence-electron chi connectivity index (χ4n) is 3.73. The van der Waals surface area contributed by atoms with Gasteiger partial charge in [0.2, 0.25) is 11.8 Å². The van der Waals surface area contributed by atoms with Crippen LogP contribution < -0.4 is 4.74 Å². The lowest BCUT2D eigenvalue weighted by molar-refractivity contribution is -0.137. The van der Waals surface area contributed by atoms with Crippen LogP contribution in [-0.2, 0) is 27.5 Å². The minimum atomic E-state index is -0.323. The molecule has 2 aromatic heterocycles. The van der Waals surface area contributed by atoms with Crippen molar-refractivity contribution >= 4 is 23.6 Å². The van der Waals surface area contributed by atoms with Crippen LogP contribution in [-0.4, -0.2) is 70.2 Å². The van der Waals surface area contributed by atoms with E-state index in [4.69, 9.17) is 9.47 Å². The average Bonchev–Trinajstić information content (AvgIpc) is 3.06. The zero-order chi connectivity index (χ0) is 24.5. The predicted octanol–water partition coefficient (Wildman–Crippen LogP) is 3.03. The number of benzene rings is 1. The van der Waals surface area contributed by atoms with E-state index >= 15 is 0 Å². The second-order valence-corrected chi connectivity index (χ2v) is 9.14. The SMILES string of the molecule is COc1ccc(CN2C[C@@H](OCc3ccncc3)CN(C(=O)CSc3ccccn3)CC2=O)cc1. The number of carbonyl (C=O) groups excluding carboxylic acids is 2. The number of rotatable bonds is 9. The minimum Gasteiger partial charge on any atom is -0.497 e. The Hall–Kier alpha value is -3.43. The third-order valence-corrected chi connectivity index (χ3v) is 6.56. The molecule has 9 heteroatoms. The number of methoxy groups -OCH3 is 1. The Bertz CT molecular complexity index is 1100. The smallest absolute Gasteiger partial charge is 0.242 e. The standard InChI is InChI=1S/C26H28N4O4S/c1-33-22-7-5-20(6-8-22)14-29-15-23(34-18-21-9-12-27-13-10-21)16-30(17-25(29)31)26(32)19-35-24-4-2-3-11-28-24/h2-13,23H,14-19H2,1H3/t23-/m1/s1. The van der Waals surface area contributed by atoms with Gasteiger partial charge in [-0.1, -0.05) is 30.0 Å². The third-order valence-electron chi connectivity index (χ3n) is 5.63. The molecule has 0 saturated carbocycles. The number of aromatic nitrogens is 2. The van der Waals surface area contributed by atoms with Crippen molar-refractivity contribution < 1.29 is 19.1 Å². The van der Waals surface area contributed by atoms with Gasteiger partial charge in [0.1, 0.15) is 5.75 Å². The summed E-state index contributed by atoms with van der Waals surface area (Å²) in [4.78, 5) is 37.9. The molecule has 1 aliphatic rings. The highest BCUT2D eigenvalue weighted by atomic mass is 32.2. The number of pyridine rings is 2. The van der Waals surface area contributed by atoms with Crippen molar-refractivity contribution in [2.75, 3.05) is 32.5 Å². The van der Waals surface area contributed by atoms with Crippen molar-refractivity contribution in [1.29, 1.82) is 0 Å². The molecule has 8 nitrogen and oxygen atoms in total. The van der Waals surface area contributed by atoms with E-state index in [9.17, 15) is 9.59 Å². The van der Waals surface area contributed by atoms with Crippen LogP contribution in [0.25, 0.3) is 0 Å². The van der Waals surface area contributed by atoms with Gasteiger partial charge in [0.25, 0.3) is 0 Å². The fourth-order valence-corrected chi connectivity index (χ4v) is 4.50. The summed E-state index contributed by atoms with van der Waals surface area (Å²) >= 11 is 1.36. The topological polar surface area (TPSA) is 84.9 Å². The molecule has 1 fully saturated rings. The van der Waals surface area contributed by atoms with Crippen molar-refractivity contribution in [3.8, 4) is 5.75 Å². The highest BCUT2D eigenvalue weighted by molar-refractivity contribution is 7.99. The van der Waals surface area contributed by atoms with Crippen LogP contribution in [0.1, 0.15) is 11.1 Å². The first-order valence-electron chi connectivity index (χ1n) is 11.3. The molecule has 4 rings (SSSR count). The molecule has 3 aromatic rings. The molecule has 1 aromatic carbocycles. The zero-order valence-electron chi connectivity index (χ0n) is 19.6. The van der Waals surface area contributed by atoms with Crippen LogP contribution >= 0.6 is 11.8 Å². The molecular weight excluding hydrogens is 464 g/mol. The molecule has 35 heavy (non-hydrogen) atoms. The number of hydrogen-bond acceptors (Lipinski definition) is 7. The number of carbonyl (C=O) groups is 2. The van der Waals surface area contributed by atoms with E-state index in [-0.39, 0.29) is 30.2 Å². The van der Waals surface area contributed by atoms with Crippen molar-refractivity contribution in [1.82, 2.24) is 19.8 Å². The maximum Gasteiger partial charge on any atom is 0.242 e. The van der Waals surface area contributed by atoms with Gasteiger partial charge in [-0.05, 0) is 47.5 Å². The highest BCUT2D eigenvalue weighted by Gasteiger charge is 2.31. The summed E-state index contributed by atoms with van der Waals surface area (Å²) in [6, 6.07) is 17.0. The first-order valence-corrected chi connectivity index (χ1v) is 12.3. The van der Waals surface area contributed by atoms with Gasteiger partial charge >= 0.3 is 0 Å². The summed E-state index contributed by atoms with van der Waals surface area (Å²) in [5.41, 5.74) is 1.97. The molecule has 0 bridgehead atoms. The lowest BCUT2D eigenvalue weighted by Crippen LogP contribution is -2.40. The van der Waals surface area contributed by atoms with Crippen LogP contribution in [0.4, 0.5) is 0 Å². The van der Waals surface area contributed by atoms with Gasteiger partial charge in [0.05, 0.1) is 37.1 Å². The largest absolute Gasteiger partial charge is 0.497 e. The third kappa shape index (κ3) is 7.27. The van der Waals surface area contributed by atoms with Crippen LogP contribution in [0.5, 0.6) is 5.75 Å². The number of nitrogens with zero attached hydrogens (tertiary/aromatic N) is 4. The van der Waals surface area contributed by atoms with Gasteiger partial charge < -0.3 is 19.3 Å². The van der Waals surface area contributed by atoms with Gasteiger partial charge in [-0.2, -0.15) is 0 Å². The second kappa shape index (κ2) is 12.3. The average molecular weight is 493 g/mol. The number of amides is 2. The molecule has 1 atom stereocenters. The zero-order valence-corrected chi connectivity index (χ0v) is 20.4. The number of ether oxygens (including phenoxy) is 2. The number of hydrogen-bond donors (Lipinski definition) is 0. The molecule has 3 heterocycles. The Morgan fingerprint density at radius 1 is 1.03 bits per heavy atom. The van der Waals surface area contributed by atoms with Crippen molar-refractivity contribution in [2.24, 2.45) is 0 Å². The van der Waals surface area contributed by atoms with Crippen molar-refractivity contribution in [2.45, 2.75) is 24.3 Å². The monoisotopic (exact) mass is 492 g/mol. The van der Waals surface area contributed by atoms with Crippen LogP contribution in [0, 0.1) is 0 Å². The molecule has 182 valence electrons. The van der Waals surface area contributed by atoms with Crippen LogP contribution in [0.3, 0.4) is 0 Å². The molecule has 0 spiro atoms. The molecule has 0 N–H and O–H groups in total. The van der Waals surface area contributed by atoms with E-state index in [1.807, 2.05) is 54.6 Å². The van der Waals surface area contributed by atoms with Gasteiger partial charge in [0.15, 0.2) is 0 Å². The van der Waals surface area contributed by atoms with Gasteiger partial charge in [-0.25, -0.2) is 4.98 Å². The first kappa shape index (κ1) is 24.7. The maximum atomic E-state index is 13.2.